The first-order chi connectivity index (χ1) is 9.43. The zero-order valence-electron chi connectivity index (χ0n) is 9.98. The van der Waals surface area contributed by atoms with Crippen molar-refractivity contribution in [2.24, 2.45) is 0 Å². The predicted molar refractivity (Wildman–Crippen MR) is 69.3 cm³/mol. The summed E-state index contributed by atoms with van der Waals surface area (Å²) < 4.78 is 5.36. The normalized spacial score (nSPS) is 17.0. The Labute approximate surface area is 117 Å². The lowest BCUT2D eigenvalue weighted by Gasteiger charge is -2.08. The number of nitrogens with zero attached hydrogens (tertiary/aromatic N) is 2. The molecule has 1 heterocycles. The van der Waals surface area contributed by atoms with Crippen molar-refractivity contribution in [2.45, 2.75) is 12.5 Å². The molecule has 0 aliphatic carbocycles. The molecule has 0 bridgehead atoms. The van der Waals surface area contributed by atoms with Crippen molar-refractivity contribution >= 4 is 23.4 Å². The molecule has 0 fully saturated rings. The standard InChI is InChI=1S/C11H9ClN2O6/c12-10-8(1-2-13(16)17)9(14(18)19)4-6-3-7(5-15)20-11(6)10/h1-2,4,7,15H,3,5H2/b2-1+. The summed E-state index contributed by atoms with van der Waals surface area (Å²) in [6, 6.07) is 1.26. The minimum atomic E-state index is -0.745. The Morgan fingerprint density at radius 1 is 1.50 bits per heavy atom. The molecule has 1 aliphatic heterocycles. The molecule has 2 rings (SSSR count). The quantitative estimate of drug-likeness (QED) is 0.669. The molecule has 1 aromatic rings. The molecule has 1 atom stereocenters. The minimum absolute atomic E-state index is 0.0664. The van der Waals surface area contributed by atoms with Crippen molar-refractivity contribution < 1.29 is 19.7 Å². The zero-order chi connectivity index (χ0) is 14.9. The summed E-state index contributed by atoms with van der Waals surface area (Å²) in [5.41, 5.74) is 0.0683. The van der Waals surface area contributed by atoms with E-state index in [-0.39, 0.29) is 28.6 Å². The summed E-state index contributed by atoms with van der Waals surface area (Å²) in [6.45, 7) is -0.251. The second kappa shape index (κ2) is 5.43. The van der Waals surface area contributed by atoms with Gasteiger partial charge in [-0.3, -0.25) is 20.2 Å². The molecule has 0 amide bonds. The van der Waals surface area contributed by atoms with Crippen LogP contribution in [0.25, 0.3) is 6.08 Å². The summed E-state index contributed by atoms with van der Waals surface area (Å²) in [6.07, 6.45) is 1.30. The van der Waals surface area contributed by atoms with Gasteiger partial charge < -0.3 is 9.84 Å². The van der Waals surface area contributed by atoms with E-state index in [1.54, 1.807) is 0 Å². The highest BCUT2D eigenvalue weighted by molar-refractivity contribution is 6.34. The monoisotopic (exact) mass is 300 g/mol. The van der Waals surface area contributed by atoms with Crippen molar-refractivity contribution in [1.29, 1.82) is 0 Å². The number of aliphatic hydroxyl groups excluding tert-OH is 1. The molecule has 1 aromatic carbocycles. The lowest BCUT2D eigenvalue weighted by Crippen LogP contribution is -2.17. The van der Waals surface area contributed by atoms with E-state index >= 15 is 0 Å². The molecule has 0 saturated carbocycles. The third kappa shape index (κ3) is 2.56. The summed E-state index contributed by atoms with van der Waals surface area (Å²) in [5.74, 6) is 0.222. The van der Waals surface area contributed by atoms with Gasteiger partial charge in [-0.05, 0) is 0 Å². The average molecular weight is 301 g/mol. The highest BCUT2D eigenvalue weighted by Gasteiger charge is 2.30. The van der Waals surface area contributed by atoms with Crippen LogP contribution in [-0.2, 0) is 6.42 Å². The van der Waals surface area contributed by atoms with Gasteiger partial charge in [-0.1, -0.05) is 11.6 Å². The van der Waals surface area contributed by atoms with Crippen LogP contribution in [0.3, 0.4) is 0 Å². The Balaban J connectivity index is 2.56. The molecule has 0 radical (unpaired) electrons. The van der Waals surface area contributed by atoms with Crippen LogP contribution < -0.4 is 4.74 Å². The maximum Gasteiger partial charge on any atom is 0.278 e. The van der Waals surface area contributed by atoms with Crippen LogP contribution in [0.15, 0.2) is 12.3 Å². The number of rotatable bonds is 4. The van der Waals surface area contributed by atoms with Crippen molar-refractivity contribution in [1.82, 2.24) is 0 Å². The molecular weight excluding hydrogens is 292 g/mol. The number of hydrogen-bond acceptors (Lipinski definition) is 6. The molecule has 1 N–H and O–H groups in total. The van der Waals surface area contributed by atoms with Crippen LogP contribution in [0, 0.1) is 20.2 Å². The third-order valence-electron chi connectivity index (χ3n) is 2.81. The topological polar surface area (TPSA) is 116 Å². The van der Waals surface area contributed by atoms with E-state index in [0.717, 1.165) is 6.08 Å². The molecule has 0 saturated heterocycles. The average Bonchev–Trinajstić information content (AvgIpc) is 2.80. The minimum Gasteiger partial charge on any atom is -0.486 e. The fourth-order valence-corrected chi connectivity index (χ4v) is 2.29. The van der Waals surface area contributed by atoms with Crippen molar-refractivity contribution in [2.75, 3.05) is 6.61 Å². The Kier molecular flexibility index (Phi) is 3.86. The van der Waals surface area contributed by atoms with E-state index in [2.05, 4.69) is 0 Å². The van der Waals surface area contributed by atoms with Crippen molar-refractivity contribution in [3.05, 3.63) is 48.6 Å². The molecule has 106 valence electrons. The van der Waals surface area contributed by atoms with Gasteiger partial charge in [0.2, 0.25) is 6.20 Å². The fraction of sp³-hybridized carbons (Fsp3) is 0.273. The molecule has 20 heavy (non-hydrogen) atoms. The number of fused-ring (bicyclic) bond motifs is 1. The summed E-state index contributed by atoms with van der Waals surface area (Å²) in [7, 11) is 0. The summed E-state index contributed by atoms with van der Waals surface area (Å²) in [5, 5.41) is 30.3. The predicted octanol–water partition coefficient (Wildman–Crippen LogP) is 1.79. The van der Waals surface area contributed by atoms with E-state index in [9.17, 15) is 20.2 Å². The first-order valence-corrected chi connectivity index (χ1v) is 5.90. The molecular formula is C11H9ClN2O6. The van der Waals surface area contributed by atoms with E-state index in [4.69, 9.17) is 21.4 Å². The highest BCUT2D eigenvalue weighted by Crippen LogP contribution is 2.43. The van der Waals surface area contributed by atoms with Gasteiger partial charge in [0, 0.05) is 24.1 Å². The Bertz CT molecular complexity index is 615. The fourth-order valence-electron chi connectivity index (χ4n) is 1.96. The second-order valence-corrected chi connectivity index (χ2v) is 4.47. The Hall–Kier alpha value is -2.19. The van der Waals surface area contributed by atoms with Gasteiger partial charge in [0.05, 0.1) is 27.0 Å². The van der Waals surface area contributed by atoms with Gasteiger partial charge in [0.15, 0.2) is 0 Å². The van der Waals surface area contributed by atoms with E-state index in [1.165, 1.54) is 6.07 Å². The maximum absolute atomic E-state index is 11.0. The number of halogens is 1. The van der Waals surface area contributed by atoms with Crippen LogP contribution in [0.5, 0.6) is 5.75 Å². The largest absolute Gasteiger partial charge is 0.486 e. The number of nitro groups is 2. The number of nitro benzene ring substituents is 1. The second-order valence-electron chi connectivity index (χ2n) is 4.10. The Morgan fingerprint density at radius 2 is 2.20 bits per heavy atom. The molecule has 0 spiro atoms. The van der Waals surface area contributed by atoms with Crippen LogP contribution in [0.1, 0.15) is 11.1 Å². The molecule has 0 aromatic heterocycles. The molecule has 8 nitrogen and oxygen atoms in total. The van der Waals surface area contributed by atoms with Crippen LogP contribution in [-0.4, -0.2) is 27.7 Å². The van der Waals surface area contributed by atoms with E-state index < -0.39 is 16.0 Å². The van der Waals surface area contributed by atoms with Gasteiger partial charge >= 0.3 is 0 Å². The van der Waals surface area contributed by atoms with Crippen molar-refractivity contribution in [3.63, 3.8) is 0 Å². The van der Waals surface area contributed by atoms with Crippen molar-refractivity contribution in [3.8, 4) is 5.75 Å². The number of aliphatic hydroxyl groups is 1. The SMILES string of the molecule is O=[N+]([O-])/C=C/c1c([N+](=O)[O-])cc2c(c1Cl)OC(CO)C2. The van der Waals surface area contributed by atoms with E-state index in [0.29, 0.717) is 18.2 Å². The highest BCUT2D eigenvalue weighted by atomic mass is 35.5. The molecule has 1 unspecified atom stereocenters. The lowest BCUT2D eigenvalue weighted by molar-refractivity contribution is -0.401. The summed E-state index contributed by atoms with van der Waals surface area (Å²) in [4.78, 5) is 19.9. The van der Waals surface area contributed by atoms with Gasteiger partial charge in [0.1, 0.15) is 11.9 Å². The number of ether oxygens (including phenoxy) is 1. The van der Waals surface area contributed by atoms with Gasteiger partial charge in [-0.25, -0.2) is 0 Å². The third-order valence-corrected chi connectivity index (χ3v) is 3.18. The van der Waals surface area contributed by atoms with Gasteiger partial charge in [0.25, 0.3) is 5.69 Å². The van der Waals surface area contributed by atoms with Gasteiger partial charge in [-0.2, -0.15) is 0 Å². The maximum atomic E-state index is 11.0. The first-order valence-electron chi connectivity index (χ1n) is 5.53. The van der Waals surface area contributed by atoms with Crippen LogP contribution in [0.4, 0.5) is 5.69 Å². The van der Waals surface area contributed by atoms with Crippen LogP contribution >= 0.6 is 11.6 Å². The molecule has 1 aliphatic rings. The summed E-state index contributed by atoms with van der Waals surface area (Å²) >= 11 is 6.02. The lowest BCUT2D eigenvalue weighted by atomic mass is 10.0. The first kappa shape index (κ1) is 14.2. The smallest absolute Gasteiger partial charge is 0.278 e. The molecule has 9 heteroatoms. The number of hydrogen-bond donors (Lipinski definition) is 1. The van der Waals surface area contributed by atoms with Crippen LogP contribution in [0.2, 0.25) is 5.02 Å². The van der Waals surface area contributed by atoms with E-state index in [1.807, 2.05) is 0 Å². The van der Waals surface area contributed by atoms with Gasteiger partial charge in [-0.15, -0.1) is 0 Å². The zero-order valence-corrected chi connectivity index (χ0v) is 10.7. The Morgan fingerprint density at radius 3 is 2.75 bits per heavy atom. The number of benzene rings is 1.